The Labute approximate surface area is 162 Å². The predicted molar refractivity (Wildman–Crippen MR) is 100 cm³/mol. The second-order valence-electron chi connectivity index (χ2n) is 7.67. The van der Waals surface area contributed by atoms with Crippen LogP contribution >= 0.6 is 0 Å². The van der Waals surface area contributed by atoms with Gasteiger partial charge in [0.15, 0.2) is 0 Å². The molecule has 8 nitrogen and oxygen atoms in total. The van der Waals surface area contributed by atoms with Crippen LogP contribution in [0.4, 0.5) is 0 Å². The summed E-state index contributed by atoms with van der Waals surface area (Å²) in [6.45, 7) is 9.91. The SMILES string of the molecule is CC(C)CC(=O)N(CC#N)CC(=O)N(CC(=O)N1CCOCC1)CC(C)C. The van der Waals surface area contributed by atoms with E-state index >= 15 is 0 Å². The smallest absolute Gasteiger partial charge is 0.242 e. The molecule has 0 aromatic carbocycles. The van der Waals surface area contributed by atoms with Gasteiger partial charge in [0.1, 0.15) is 13.1 Å². The molecule has 1 fully saturated rings. The van der Waals surface area contributed by atoms with Crippen LogP contribution < -0.4 is 0 Å². The third-order valence-electron chi connectivity index (χ3n) is 4.15. The minimum atomic E-state index is -0.308. The first-order valence-corrected chi connectivity index (χ1v) is 9.52. The van der Waals surface area contributed by atoms with Crippen molar-refractivity contribution in [1.29, 1.82) is 5.26 Å². The Morgan fingerprint density at radius 1 is 1.00 bits per heavy atom. The lowest BCUT2D eigenvalue weighted by Gasteiger charge is -2.31. The molecule has 8 heteroatoms. The van der Waals surface area contributed by atoms with Crippen molar-refractivity contribution in [1.82, 2.24) is 14.7 Å². The van der Waals surface area contributed by atoms with Crippen molar-refractivity contribution in [3.05, 3.63) is 0 Å². The fourth-order valence-electron chi connectivity index (χ4n) is 2.83. The summed E-state index contributed by atoms with van der Waals surface area (Å²) in [5.74, 6) is -0.320. The van der Waals surface area contributed by atoms with E-state index in [-0.39, 0.29) is 55.6 Å². The number of hydrogen-bond acceptors (Lipinski definition) is 5. The number of nitriles is 1. The molecular formula is C19H32N4O4. The van der Waals surface area contributed by atoms with Crippen LogP contribution in [0.5, 0.6) is 0 Å². The highest BCUT2D eigenvalue weighted by atomic mass is 16.5. The third kappa shape index (κ3) is 8.39. The minimum absolute atomic E-state index is 0.0181. The number of ether oxygens (including phenoxy) is 1. The molecule has 1 saturated heterocycles. The summed E-state index contributed by atoms with van der Waals surface area (Å²) >= 11 is 0. The number of carbonyl (C=O) groups is 3. The van der Waals surface area contributed by atoms with Crippen molar-refractivity contribution >= 4 is 17.7 Å². The van der Waals surface area contributed by atoms with Crippen LogP contribution in [0, 0.1) is 23.2 Å². The monoisotopic (exact) mass is 380 g/mol. The topological polar surface area (TPSA) is 93.9 Å². The summed E-state index contributed by atoms with van der Waals surface area (Å²) in [7, 11) is 0. The predicted octanol–water partition coefficient (Wildman–Crippen LogP) is 0.728. The van der Waals surface area contributed by atoms with Gasteiger partial charge in [-0.2, -0.15) is 5.26 Å². The van der Waals surface area contributed by atoms with Crippen molar-refractivity contribution in [2.75, 3.05) is 52.5 Å². The number of carbonyl (C=O) groups excluding carboxylic acids is 3. The van der Waals surface area contributed by atoms with Crippen LogP contribution in [0.2, 0.25) is 0 Å². The molecule has 3 amide bonds. The quantitative estimate of drug-likeness (QED) is 0.550. The largest absolute Gasteiger partial charge is 0.378 e. The summed E-state index contributed by atoms with van der Waals surface area (Å²) in [4.78, 5) is 42.1. The van der Waals surface area contributed by atoms with Crippen LogP contribution in [0.25, 0.3) is 0 Å². The average molecular weight is 380 g/mol. The van der Waals surface area contributed by atoms with Crippen molar-refractivity contribution in [2.45, 2.75) is 34.1 Å². The van der Waals surface area contributed by atoms with Gasteiger partial charge in [-0.15, -0.1) is 0 Å². The molecule has 1 heterocycles. The zero-order valence-corrected chi connectivity index (χ0v) is 16.9. The lowest BCUT2D eigenvalue weighted by Crippen LogP contribution is -2.50. The molecule has 0 N–H and O–H groups in total. The van der Waals surface area contributed by atoms with Gasteiger partial charge in [0, 0.05) is 26.1 Å². The Balaban J connectivity index is 2.78. The normalized spacial score (nSPS) is 14.2. The summed E-state index contributed by atoms with van der Waals surface area (Å²) in [5.41, 5.74) is 0. The molecule has 1 aliphatic rings. The second-order valence-corrected chi connectivity index (χ2v) is 7.67. The van der Waals surface area contributed by atoms with Gasteiger partial charge in [0.25, 0.3) is 0 Å². The first kappa shape index (κ1) is 22.9. The first-order chi connectivity index (χ1) is 12.7. The zero-order chi connectivity index (χ0) is 20.4. The molecule has 0 saturated carbocycles. The fraction of sp³-hybridized carbons (Fsp3) is 0.789. The van der Waals surface area contributed by atoms with Crippen LogP contribution in [0.15, 0.2) is 0 Å². The first-order valence-electron chi connectivity index (χ1n) is 9.52. The highest BCUT2D eigenvalue weighted by molar-refractivity contribution is 5.88. The molecule has 0 radical (unpaired) electrons. The lowest BCUT2D eigenvalue weighted by molar-refractivity contribution is -0.145. The standard InChI is InChI=1S/C19H32N4O4/c1-15(2)11-17(24)22(6-5-20)13-19(26)23(12-16(3)4)14-18(25)21-7-9-27-10-8-21/h15-16H,6-14H2,1-4H3. The second kappa shape index (κ2) is 11.5. The van der Waals surface area contributed by atoms with Gasteiger partial charge in [0.05, 0.1) is 25.8 Å². The Morgan fingerprint density at radius 3 is 2.15 bits per heavy atom. The van der Waals surface area contributed by atoms with Crippen molar-refractivity contribution in [3.63, 3.8) is 0 Å². The number of hydrogen-bond donors (Lipinski definition) is 0. The van der Waals surface area contributed by atoms with Crippen LogP contribution in [-0.2, 0) is 19.1 Å². The summed E-state index contributed by atoms with van der Waals surface area (Å²) in [6.07, 6.45) is 0.284. The molecule has 0 unspecified atom stereocenters. The lowest BCUT2D eigenvalue weighted by atomic mass is 10.1. The average Bonchev–Trinajstić information content (AvgIpc) is 2.60. The van der Waals surface area contributed by atoms with E-state index in [0.717, 1.165) is 0 Å². The molecule has 1 aliphatic heterocycles. The van der Waals surface area contributed by atoms with Gasteiger partial charge < -0.3 is 19.4 Å². The van der Waals surface area contributed by atoms with Crippen molar-refractivity contribution in [3.8, 4) is 6.07 Å². The summed E-state index contributed by atoms with van der Waals surface area (Å²) < 4.78 is 5.26. The Morgan fingerprint density at radius 2 is 1.63 bits per heavy atom. The van der Waals surface area contributed by atoms with Gasteiger partial charge in [-0.3, -0.25) is 14.4 Å². The van der Waals surface area contributed by atoms with E-state index in [1.165, 1.54) is 9.80 Å². The number of nitrogens with zero attached hydrogens (tertiary/aromatic N) is 4. The molecule has 0 atom stereocenters. The van der Waals surface area contributed by atoms with Gasteiger partial charge >= 0.3 is 0 Å². The molecular weight excluding hydrogens is 348 g/mol. The van der Waals surface area contributed by atoms with Gasteiger partial charge in [-0.25, -0.2) is 0 Å². The number of amides is 3. The molecule has 0 bridgehead atoms. The summed E-state index contributed by atoms with van der Waals surface area (Å²) in [6, 6.07) is 1.94. The minimum Gasteiger partial charge on any atom is -0.378 e. The van der Waals surface area contributed by atoms with Crippen LogP contribution in [-0.4, -0.2) is 84.9 Å². The van der Waals surface area contributed by atoms with Crippen LogP contribution in [0.1, 0.15) is 34.1 Å². The molecule has 0 spiro atoms. The van der Waals surface area contributed by atoms with E-state index in [1.807, 2.05) is 33.8 Å². The zero-order valence-electron chi connectivity index (χ0n) is 16.9. The highest BCUT2D eigenvalue weighted by Gasteiger charge is 2.26. The van der Waals surface area contributed by atoms with E-state index in [4.69, 9.17) is 10.00 Å². The third-order valence-corrected chi connectivity index (χ3v) is 4.15. The molecule has 1 rings (SSSR count). The van der Waals surface area contributed by atoms with Crippen LogP contribution in [0.3, 0.4) is 0 Å². The van der Waals surface area contributed by atoms with E-state index in [1.54, 1.807) is 4.90 Å². The summed E-state index contributed by atoms with van der Waals surface area (Å²) in [5, 5.41) is 8.99. The molecule has 0 aromatic rings. The highest BCUT2D eigenvalue weighted by Crippen LogP contribution is 2.08. The molecule has 152 valence electrons. The van der Waals surface area contributed by atoms with Crippen molar-refractivity contribution < 1.29 is 19.1 Å². The van der Waals surface area contributed by atoms with E-state index in [9.17, 15) is 14.4 Å². The van der Waals surface area contributed by atoms with Gasteiger partial charge in [-0.05, 0) is 11.8 Å². The van der Waals surface area contributed by atoms with E-state index in [0.29, 0.717) is 32.8 Å². The molecule has 0 aliphatic carbocycles. The Hall–Kier alpha value is -2.14. The van der Waals surface area contributed by atoms with Crippen molar-refractivity contribution in [2.24, 2.45) is 11.8 Å². The number of rotatable bonds is 9. The Bertz CT molecular complexity index is 550. The number of morpholine rings is 1. The van der Waals surface area contributed by atoms with E-state index < -0.39 is 0 Å². The maximum absolute atomic E-state index is 12.8. The molecule has 27 heavy (non-hydrogen) atoms. The molecule has 0 aromatic heterocycles. The fourth-order valence-corrected chi connectivity index (χ4v) is 2.83. The maximum atomic E-state index is 12.8. The van der Waals surface area contributed by atoms with E-state index in [2.05, 4.69) is 0 Å². The van der Waals surface area contributed by atoms with Gasteiger partial charge in [0.2, 0.25) is 17.7 Å². The maximum Gasteiger partial charge on any atom is 0.242 e. The Kier molecular flexibility index (Phi) is 9.79. The van der Waals surface area contributed by atoms with Gasteiger partial charge in [-0.1, -0.05) is 27.7 Å².